The largest absolute Gasteiger partial charge is 0.272 e. The van der Waals surface area contributed by atoms with Crippen LogP contribution in [0.5, 0.6) is 0 Å². The van der Waals surface area contributed by atoms with Gasteiger partial charge in [0.2, 0.25) is 0 Å². The van der Waals surface area contributed by atoms with E-state index in [1.807, 2.05) is 11.7 Å². The normalized spacial score (nSPS) is 11.1. The smallest absolute Gasteiger partial charge is 0.0624 e. The van der Waals surface area contributed by atoms with Crippen molar-refractivity contribution in [3.05, 3.63) is 17.5 Å². The zero-order valence-electron chi connectivity index (χ0n) is 8.46. The summed E-state index contributed by atoms with van der Waals surface area (Å²) in [7, 11) is 2.02. The van der Waals surface area contributed by atoms with Gasteiger partial charge in [0.25, 0.3) is 0 Å². The van der Waals surface area contributed by atoms with Crippen molar-refractivity contribution in [2.24, 2.45) is 13.0 Å². The molecule has 1 aromatic heterocycles. The molecule has 2 heteroatoms. The van der Waals surface area contributed by atoms with Crippen LogP contribution in [0.4, 0.5) is 0 Å². The third-order valence-corrected chi connectivity index (χ3v) is 2.01. The van der Waals surface area contributed by atoms with Crippen LogP contribution in [-0.2, 0) is 19.9 Å². The number of rotatable bonds is 3. The quantitative estimate of drug-likeness (QED) is 0.673. The lowest BCUT2D eigenvalue weighted by Gasteiger charge is -2.03. The van der Waals surface area contributed by atoms with Gasteiger partial charge >= 0.3 is 0 Å². The Hall–Kier alpha value is -0.790. The van der Waals surface area contributed by atoms with Gasteiger partial charge in [-0.1, -0.05) is 20.8 Å². The van der Waals surface area contributed by atoms with Crippen molar-refractivity contribution < 1.29 is 0 Å². The molecule has 0 aliphatic heterocycles. The van der Waals surface area contributed by atoms with Crippen LogP contribution in [0, 0.1) is 5.92 Å². The molecule has 0 fully saturated rings. The first-order valence-corrected chi connectivity index (χ1v) is 4.65. The molecule has 0 saturated carbocycles. The maximum atomic E-state index is 4.40. The molecule has 0 bridgehead atoms. The lowest BCUT2D eigenvalue weighted by atomic mass is 10.1. The van der Waals surface area contributed by atoms with Gasteiger partial charge in [-0.15, -0.1) is 0 Å². The van der Waals surface area contributed by atoms with Crippen LogP contribution in [0.2, 0.25) is 0 Å². The molecular formula is C10H18N2. The molecule has 2 nitrogen and oxygen atoms in total. The molecule has 12 heavy (non-hydrogen) atoms. The van der Waals surface area contributed by atoms with Crippen LogP contribution in [0.15, 0.2) is 6.07 Å². The summed E-state index contributed by atoms with van der Waals surface area (Å²) < 4.78 is 2.00. The highest BCUT2D eigenvalue weighted by atomic mass is 15.3. The molecule has 0 saturated heterocycles. The van der Waals surface area contributed by atoms with Crippen LogP contribution >= 0.6 is 0 Å². The van der Waals surface area contributed by atoms with Gasteiger partial charge in [0, 0.05) is 12.7 Å². The highest BCUT2D eigenvalue weighted by Gasteiger charge is 2.04. The molecule has 1 heterocycles. The predicted octanol–water partition coefficient (Wildman–Crippen LogP) is 2.18. The number of nitrogens with zero attached hydrogens (tertiary/aromatic N) is 2. The van der Waals surface area contributed by atoms with E-state index in [9.17, 15) is 0 Å². The Labute approximate surface area is 74.6 Å². The average molecular weight is 166 g/mol. The number of hydrogen-bond acceptors (Lipinski definition) is 1. The number of hydrogen-bond donors (Lipinski definition) is 0. The van der Waals surface area contributed by atoms with Gasteiger partial charge in [0.1, 0.15) is 0 Å². The third kappa shape index (κ3) is 2.10. The van der Waals surface area contributed by atoms with Crippen molar-refractivity contribution in [3.63, 3.8) is 0 Å². The van der Waals surface area contributed by atoms with Crippen molar-refractivity contribution in [2.75, 3.05) is 0 Å². The topological polar surface area (TPSA) is 17.8 Å². The van der Waals surface area contributed by atoms with E-state index >= 15 is 0 Å². The molecule has 0 atom stereocenters. The summed E-state index contributed by atoms with van der Waals surface area (Å²) in [6.45, 7) is 6.61. The SMILES string of the molecule is CCc1cc(CC(C)C)n(C)n1. The summed E-state index contributed by atoms with van der Waals surface area (Å²) in [5, 5.41) is 4.40. The predicted molar refractivity (Wildman–Crippen MR) is 51.1 cm³/mol. The van der Waals surface area contributed by atoms with Crippen LogP contribution in [0.1, 0.15) is 32.2 Å². The minimum atomic E-state index is 0.713. The lowest BCUT2D eigenvalue weighted by molar-refractivity contribution is 0.594. The Bertz CT molecular complexity index is 248. The van der Waals surface area contributed by atoms with Crippen molar-refractivity contribution in [1.82, 2.24) is 9.78 Å². The molecule has 0 aromatic carbocycles. The second-order valence-corrected chi connectivity index (χ2v) is 3.70. The summed E-state index contributed by atoms with van der Waals surface area (Å²) >= 11 is 0. The molecule has 0 amide bonds. The van der Waals surface area contributed by atoms with Gasteiger partial charge in [-0.05, 0) is 24.8 Å². The number of aromatic nitrogens is 2. The molecular weight excluding hydrogens is 148 g/mol. The Morgan fingerprint density at radius 1 is 1.50 bits per heavy atom. The molecule has 1 rings (SSSR count). The fourth-order valence-electron chi connectivity index (χ4n) is 1.35. The lowest BCUT2D eigenvalue weighted by Crippen LogP contribution is -2.02. The summed E-state index contributed by atoms with van der Waals surface area (Å²) in [6.07, 6.45) is 2.16. The van der Waals surface area contributed by atoms with Gasteiger partial charge < -0.3 is 0 Å². The van der Waals surface area contributed by atoms with Gasteiger partial charge in [0.15, 0.2) is 0 Å². The van der Waals surface area contributed by atoms with E-state index in [0.717, 1.165) is 12.8 Å². The Morgan fingerprint density at radius 2 is 2.17 bits per heavy atom. The van der Waals surface area contributed by atoms with Crippen molar-refractivity contribution in [3.8, 4) is 0 Å². The highest BCUT2D eigenvalue weighted by Crippen LogP contribution is 2.09. The molecule has 68 valence electrons. The fraction of sp³-hybridized carbons (Fsp3) is 0.700. The van der Waals surface area contributed by atoms with E-state index in [1.54, 1.807) is 0 Å². The van der Waals surface area contributed by atoms with Gasteiger partial charge in [-0.2, -0.15) is 5.10 Å². The molecule has 0 aliphatic carbocycles. The second-order valence-electron chi connectivity index (χ2n) is 3.70. The fourth-order valence-corrected chi connectivity index (χ4v) is 1.35. The molecule has 0 N–H and O–H groups in total. The van der Waals surface area contributed by atoms with E-state index < -0.39 is 0 Å². The van der Waals surface area contributed by atoms with Crippen molar-refractivity contribution in [2.45, 2.75) is 33.6 Å². The highest BCUT2D eigenvalue weighted by molar-refractivity contribution is 5.10. The Balaban J connectivity index is 2.77. The van der Waals surface area contributed by atoms with Crippen molar-refractivity contribution in [1.29, 1.82) is 0 Å². The van der Waals surface area contributed by atoms with Crippen LogP contribution < -0.4 is 0 Å². The van der Waals surface area contributed by atoms with Crippen LogP contribution in [-0.4, -0.2) is 9.78 Å². The maximum Gasteiger partial charge on any atom is 0.0624 e. The zero-order chi connectivity index (χ0) is 9.14. The summed E-state index contributed by atoms with van der Waals surface area (Å²) in [5.74, 6) is 0.713. The molecule has 0 aliphatic rings. The minimum Gasteiger partial charge on any atom is -0.272 e. The zero-order valence-corrected chi connectivity index (χ0v) is 8.46. The molecule has 1 aromatic rings. The van der Waals surface area contributed by atoms with Crippen LogP contribution in [0.25, 0.3) is 0 Å². The van der Waals surface area contributed by atoms with E-state index in [0.29, 0.717) is 5.92 Å². The second kappa shape index (κ2) is 3.74. The summed E-state index contributed by atoms with van der Waals surface area (Å²) in [5.41, 5.74) is 2.55. The first kappa shape index (κ1) is 9.30. The van der Waals surface area contributed by atoms with Gasteiger partial charge in [-0.3, -0.25) is 4.68 Å². The third-order valence-electron chi connectivity index (χ3n) is 2.01. The monoisotopic (exact) mass is 166 g/mol. The van der Waals surface area contributed by atoms with Gasteiger partial charge in [-0.25, -0.2) is 0 Å². The van der Waals surface area contributed by atoms with E-state index in [4.69, 9.17) is 0 Å². The first-order valence-electron chi connectivity index (χ1n) is 4.65. The summed E-state index contributed by atoms with van der Waals surface area (Å²) in [6, 6.07) is 2.21. The number of aryl methyl sites for hydroxylation is 2. The molecule has 0 unspecified atom stereocenters. The van der Waals surface area contributed by atoms with E-state index in [-0.39, 0.29) is 0 Å². The van der Waals surface area contributed by atoms with Gasteiger partial charge in [0.05, 0.1) is 5.69 Å². The van der Waals surface area contributed by atoms with E-state index in [2.05, 4.69) is 31.9 Å². The average Bonchev–Trinajstić information content (AvgIpc) is 2.31. The standard InChI is InChI=1S/C10H18N2/c1-5-9-7-10(6-8(2)3)12(4)11-9/h7-8H,5-6H2,1-4H3. The van der Waals surface area contributed by atoms with Crippen LogP contribution in [0.3, 0.4) is 0 Å². The molecule has 0 spiro atoms. The molecule has 0 radical (unpaired) electrons. The Morgan fingerprint density at radius 3 is 2.58 bits per heavy atom. The minimum absolute atomic E-state index is 0.713. The maximum absolute atomic E-state index is 4.40. The van der Waals surface area contributed by atoms with E-state index in [1.165, 1.54) is 11.4 Å². The first-order chi connectivity index (χ1) is 5.63. The summed E-state index contributed by atoms with van der Waals surface area (Å²) in [4.78, 5) is 0. The van der Waals surface area contributed by atoms with Crippen molar-refractivity contribution >= 4 is 0 Å². The Kier molecular flexibility index (Phi) is 2.90.